The summed E-state index contributed by atoms with van der Waals surface area (Å²) < 4.78 is 11.1. The monoisotopic (exact) mass is 504 g/mol. The van der Waals surface area contributed by atoms with Gasteiger partial charge in [0.15, 0.2) is 5.96 Å². The molecule has 0 aliphatic carbocycles. The molecule has 0 saturated carbocycles. The number of nitrogens with zero attached hydrogens (tertiary/aromatic N) is 2. The molecular formula is C21H37IN4O2. The number of nitrogens with one attached hydrogen (secondary N) is 2. The van der Waals surface area contributed by atoms with Gasteiger partial charge in [0.25, 0.3) is 0 Å². The molecule has 1 aliphatic rings. The van der Waals surface area contributed by atoms with Gasteiger partial charge in [-0.15, -0.1) is 24.0 Å². The minimum Gasteiger partial charge on any atom is -0.497 e. The van der Waals surface area contributed by atoms with Gasteiger partial charge < -0.3 is 25.0 Å². The zero-order valence-corrected chi connectivity index (χ0v) is 20.2. The maximum atomic E-state index is 5.95. The maximum Gasteiger partial charge on any atom is 0.191 e. The first-order valence-electron chi connectivity index (χ1n) is 10.1. The van der Waals surface area contributed by atoms with Crippen molar-refractivity contribution in [1.29, 1.82) is 0 Å². The van der Waals surface area contributed by atoms with Gasteiger partial charge in [-0.1, -0.05) is 0 Å². The second kappa shape index (κ2) is 13.1. The Morgan fingerprint density at radius 1 is 1.14 bits per heavy atom. The molecule has 0 amide bonds. The number of guanidine groups is 1. The van der Waals surface area contributed by atoms with Crippen molar-refractivity contribution >= 4 is 29.9 Å². The van der Waals surface area contributed by atoms with E-state index in [2.05, 4.69) is 36.3 Å². The fraction of sp³-hybridized carbons (Fsp3) is 0.667. The molecule has 2 N–H and O–H groups in total. The van der Waals surface area contributed by atoms with Crippen molar-refractivity contribution in [3.63, 3.8) is 0 Å². The van der Waals surface area contributed by atoms with E-state index in [1.807, 2.05) is 31.2 Å². The number of ether oxygens (including phenoxy) is 2. The molecule has 1 heterocycles. The van der Waals surface area contributed by atoms with Crippen LogP contribution in [0.15, 0.2) is 29.3 Å². The molecule has 1 atom stereocenters. The van der Waals surface area contributed by atoms with Crippen LogP contribution >= 0.6 is 24.0 Å². The smallest absolute Gasteiger partial charge is 0.191 e. The van der Waals surface area contributed by atoms with E-state index in [1.54, 1.807) is 7.11 Å². The molecular weight excluding hydrogens is 467 g/mol. The maximum absolute atomic E-state index is 5.95. The topological polar surface area (TPSA) is 58.1 Å². The fourth-order valence-electron chi connectivity index (χ4n) is 3.22. The first-order valence-corrected chi connectivity index (χ1v) is 10.1. The van der Waals surface area contributed by atoms with Crippen LogP contribution in [0.25, 0.3) is 0 Å². The largest absolute Gasteiger partial charge is 0.497 e. The van der Waals surface area contributed by atoms with Crippen LogP contribution in [-0.2, 0) is 0 Å². The number of hydrogen-bond donors (Lipinski definition) is 2. The number of methoxy groups -OCH3 is 1. The highest BCUT2D eigenvalue weighted by molar-refractivity contribution is 14.0. The summed E-state index contributed by atoms with van der Waals surface area (Å²) >= 11 is 0. The van der Waals surface area contributed by atoms with Crippen molar-refractivity contribution in [1.82, 2.24) is 15.5 Å². The van der Waals surface area contributed by atoms with Crippen molar-refractivity contribution in [2.75, 3.05) is 33.3 Å². The number of hydrogen-bond acceptors (Lipinski definition) is 4. The average Bonchev–Trinajstić information content (AvgIpc) is 2.67. The van der Waals surface area contributed by atoms with Gasteiger partial charge in [-0.2, -0.15) is 0 Å². The Kier molecular flexibility index (Phi) is 11.6. The molecule has 1 saturated heterocycles. The van der Waals surface area contributed by atoms with E-state index in [0.717, 1.165) is 49.9 Å². The quantitative estimate of drug-likeness (QED) is 0.323. The van der Waals surface area contributed by atoms with Crippen molar-refractivity contribution in [3.05, 3.63) is 24.3 Å². The Morgan fingerprint density at radius 2 is 1.75 bits per heavy atom. The van der Waals surface area contributed by atoms with Gasteiger partial charge >= 0.3 is 0 Å². The van der Waals surface area contributed by atoms with E-state index >= 15 is 0 Å². The third-order valence-corrected chi connectivity index (χ3v) is 4.85. The molecule has 28 heavy (non-hydrogen) atoms. The zero-order valence-electron chi connectivity index (χ0n) is 17.9. The van der Waals surface area contributed by atoms with Crippen LogP contribution < -0.4 is 20.1 Å². The predicted octanol–water partition coefficient (Wildman–Crippen LogP) is 3.51. The Morgan fingerprint density at radius 3 is 2.29 bits per heavy atom. The van der Waals surface area contributed by atoms with Crippen molar-refractivity contribution < 1.29 is 9.47 Å². The lowest BCUT2D eigenvalue weighted by atomic mass is 10.0. The first kappa shape index (κ1) is 24.8. The van der Waals surface area contributed by atoms with Crippen LogP contribution in [0.3, 0.4) is 0 Å². The summed E-state index contributed by atoms with van der Waals surface area (Å²) in [5, 5.41) is 6.94. The van der Waals surface area contributed by atoms with Crippen LogP contribution in [0, 0.1) is 0 Å². The lowest BCUT2D eigenvalue weighted by molar-refractivity contribution is 0.167. The third kappa shape index (κ3) is 8.43. The molecule has 1 aromatic carbocycles. The molecule has 1 fully saturated rings. The van der Waals surface area contributed by atoms with Gasteiger partial charge in [0.1, 0.15) is 17.6 Å². The van der Waals surface area contributed by atoms with Gasteiger partial charge in [-0.25, -0.2) is 4.99 Å². The van der Waals surface area contributed by atoms with Gasteiger partial charge in [0.05, 0.1) is 13.7 Å². The summed E-state index contributed by atoms with van der Waals surface area (Å²) in [5.74, 6) is 2.54. The number of aliphatic imine (C=N–C) groups is 1. The lowest BCUT2D eigenvalue weighted by Crippen LogP contribution is -2.50. The summed E-state index contributed by atoms with van der Waals surface area (Å²) in [5.41, 5.74) is 0. The van der Waals surface area contributed by atoms with Crippen LogP contribution in [0.2, 0.25) is 0 Å². The van der Waals surface area contributed by atoms with E-state index in [4.69, 9.17) is 14.5 Å². The zero-order chi connectivity index (χ0) is 19.6. The minimum atomic E-state index is -0.00311. The molecule has 0 radical (unpaired) electrons. The number of halogens is 1. The Balaban J connectivity index is 0.00000392. The van der Waals surface area contributed by atoms with E-state index in [0.29, 0.717) is 18.6 Å². The number of likely N-dealkylation sites (tertiary alicyclic amines) is 1. The molecule has 6 nitrogen and oxygen atoms in total. The van der Waals surface area contributed by atoms with E-state index in [-0.39, 0.29) is 30.1 Å². The number of rotatable bonds is 8. The van der Waals surface area contributed by atoms with Gasteiger partial charge in [0.2, 0.25) is 0 Å². The second-order valence-electron chi connectivity index (χ2n) is 7.37. The predicted molar refractivity (Wildman–Crippen MR) is 127 cm³/mol. The minimum absolute atomic E-state index is 0. The summed E-state index contributed by atoms with van der Waals surface area (Å²) in [6.45, 7) is 12.4. The van der Waals surface area contributed by atoms with Gasteiger partial charge in [-0.05, 0) is 64.8 Å². The highest BCUT2D eigenvalue weighted by atomic mass is 127. The molecule has 160 valence electrons. The fourth-order valence-corrected chi connectivity index (χ4v) is 3.22. The number of benzene rings is 1. The summed E-state index contributed by atoms with van der Waals surface area (Å²) in [6, 6.07) is 8.76. The van der Waals surface area contributed by atoms with Crippen LogP contribution in [0.4, 0.5) is 0 Å². The third-order valence-electron chi connectivity index (χ3n) is 4.85. The summed E-state index contributed by atoms with van der Waals surface area (Å²) in [7, 11) is 1.66. The highest BCUT2D eigenvalue weighted by Crippen LogP contribution is 2.18. The highest BCUT2D eigenvalue weighted by Gasteiger charge is 2.21. The molecule has 7 heteroatoms. The van der Waals surface area contributed by atoms with Crippen LogP contribution in [0.5, 0.6) is 11.5 Å². The Bertz CT molecular complexity index is 572. The van der Waals surface area contributed by atoms with Gasteiger partial charge in [-0.3, -0.25) is 0 Å². The molecule has 0 bridgehead atoms. The molecule has 2 rings (SSSR count). The van der Waals surface area contributed by atoms with Crippen LogP contribution in [0.1, 0.15) is 40.5 Å². The summed E-state index contributed by atoms with van der Waals surface area (Å²) in [4.78, 5) is 7.26. The Hall–Kier alpha value is -1.22. The molecule has 0 aromatic heterocycles. The number of piperidine rings is 1. The standard InChI is InChI=1S/C21H36N4O2.HI/c1-6-22-21(24-18-11-13-25(14-12-18)16(2)3)23-15-17(4)27-20-9-7-19(26-5)8-10-20;/h7-10,16-18H,6,11-15H2,1-5H3,(H2,22,23,24);1H. The second-order valence-corrected chi connectivity index (χ2v) is 7.37. The normalized spacial score (nSPS) is 17.0. The van der Waals surface area contributed by atoms with Crippen molar-refractivity contribution in [3.8, 4) is 11.5 Å². The molecule has 1 unspecified atom stereocenters. The summed E-state index contributed by atoms with van der Waals surface area (Å²) in [6.07, 6.45) is 2.30. The SMILES string of the molecule is CCNC(=NCC(C)Oc1ccc(OC)cc1)NC1CCN(C(C)C)CC1.I. The van der Waals surface area contributed by atoms with Crippen LogP contribution in [-0.4, -0.2) is 62.3 Å². The van der Waals surface area contributed by atoms with Crippen molar-refractivity contribution in [2.24, 2.45) is 4.99 Å². The molecule has 1 aliphatic heterocycles. The molecule has 0 spiro atoms. The van der Waals surface area contributed by atoms with E-state index in [1.165, 1.54) is 0 Å². The van der Waals surface area contributed by atoms with E-state index in [9.17, 15) is 0 Å². The van der Waals surface area contributed by atoms with E-state index < -0.39 is 0 Å². The lowest BCUT2D eigenvalue weighted by Gasteiger charge is -2.35. The Labute approximate surface area is 187 Å². The van der Waals surface area contributed by atoms with Crippen molar-refractivity contribution in [2.45, 2.75) is 58.7 Å². The molecule has 1 aromatic rings. The van der Waals surface area contributed by atoms with Gasteiger partial charge in [0, 0.05) is 31.7 Å². The average molecular weight is 504 g/mol. The first-order chi connectivity index (χ1) is 13.0.